The van der Waals surface area contributed by atoms with E-state index in [0.717, 1.165) is 71.2 Å². The molecule has 3 fully saturated rings. The minimum absolute atomic E-state index is 0.0241. The molecule has 254 valence electrons. The first kappa shape index (κ1) is 34.0. The van der Waals surface area contributed by atoms with Gasteiger partial charge >= 0.3 is 12.1 Å². The van der Waals surface area contributed by atoms with E-state index in [1.807, 2.05) is 46.2 Å². The molecule has 1 atom stereocenters. The number of halogens is 2. The van der Waals surface area contributed by atoms with Crippen LogP contribution in [0.1, 0.15) is 36.8 Å². The summed E-state index contributed by atoms with van der Waals surface area (Å²) in [6.07, 6.45) is 3.12. The van der Waals surface area contributed by atoms with Crippen LogP contribution >= 0.6 is 31.9 Å². The van der Waals surface area contributed by atoms with Gasteiger partial charge in [-0.05, 0) is 106 Å². The molecule has 2 aromatic rings. The Labute approximate surface area is 293 Å². The predicted molar refractivity (Wildman–Crippen MR) is 187 cm³/mol. The number of methoxy groups -OCH3 is 1. The first-order chi connectivity index (χ1) is 22.8. The number of fused-ring (bicyclic) bond motifs is 1. The van der Waals surface area contributed by atoms with Crippen molar-refractivity contribution in [1.82, 2.24) is 24.9 Å². The number of hydrogen-bond donors (Lipinski definition) is 2. The normalized spacial score (nSPS) is 20.7. The van der Waals surface area contributed by atoms with Crippen LogP contribution in [0.25, 0.3) is 0 Å². The Bertz CT molecular complexity index is 1420. The van der Waals surface area contributed by atoms with Crippen molar-refractivity contribution in [2.24, 2.45) is 0 Å². The molecule has 2 N–H and O–H groups in total. The van der Waals surface area contributed by atoms with Crippen molar-refractivity contribution < 1.29 is 23.9 Å². The van der Waals surface area contributed by atoms with E-state index < -0.39 is 12.2 Å². The number of urea groups is 1. The fourth-order valence-corrected chi connectivity index (χ4v) is 8.90. The molecule has 13 heteroatoms. The number of nitrogens with zero attached hydrogens (tertiary/aromatic N) is 4. The number of piperazine rings is 1. The zero-order valence-electron chi connectivity index (χ0n) is 26.9. The Balaban J connectivity index is 1.09. The van der Waals surface area contributed by atoms with Gasteiger partial charge in [-0.2, -0.15) is 0 Å². The molecule has 2 aromatic carbocycles. The van der Waals surface area contributed by atoms with Crippen LogP contribution in [0.5, 0.6) is 5.75 Å². The summed E-state index contributed by atoms with van der Waals surface area (Å²) < 4.78 is 13.0. The van der Waals surface area contributed by atoms with E-state index in [0.29, 0.717) is 57.4 Å². The number of anilines is 1. The quantitative estimate of drug-likeness (QED) is 0.420. The molecule has 4 aliphatic rings. The number of carbonyl (C=O) groups is 3. The molecule has 3 saturated heterocycles. The number of benzene rings is 2. The summed E-state index contributed by atoms with van der Waals surface area (Å²) in [5.41, 5.74) is 2.83. The molecule has 0 radical (unpaired) electrons. The minimum Gasteiger partial charge on any atom is -0.494 e. The summed E-state index contributed by atoms with van der Waals surface area (Å²) >= 11 is 7.13. The Morgan fingerprint density at radius 2 is 1.57 bits per heavy atom. The monoisotopic (exact) mass is 774 g/mol. The number of hydrogen-bond acceptors (Lipinski definition) is 7. The number of para-hydroxylation sites is 1. The van der Waals surface area contributed by atoms with Gasteiger partial charge in [-0.3, -0.25) is 9.69 Å². The SMILES string of the molecule is COc1c(Br)cc(C[C@@H](OC(=O)N2CCC(N3CCc4ccccc4NC3=O)CC2)C(=O)N2CCN(C3CCNCC3)CC2)cc1Br. The molecule has 0 aromatic heterocycles. The maximum atomic E-state index is 14.0. The van der Waals surface area contributed by atoms with Gasteiger partial charge in [0.05, 0.1) is 16.1 Å². The Morgan fingerprint density at radius 1 is 0.894 bits per heavy atom. The van der Waals surface area contributed by atoms with Crippen molar-refractivity contribution in [2.75, 3.05) is 71.3 Å². The van der Waals surface area contributed by atoms with Crippen LogP contribution in [0.2, 0.25) is 0 Å². The molecule has 0 aliphatic carbocycles. The predicted octanol–water partition coefficient (Wildman–Crippen LogP) is 4.72. The first-order valence-electron chi connectivity index (χ1n) is 16.7. The maximum Gasteiger partial charge on any atom is 0.410 e. The van der Waals surface area contributed by atoms with Crippen LogP contribution in [0.3, 0.4) is 0 Å². The molecule has 0 bridgehead atoms. The van der Waals surface area contributed by atoms with Crippen molar-refractivity contribution in [3.05, 3.63) is 56.5 Å². The molecular weight excluding hydrogens is 732 g/mol. The molecule has 4 amide bonds. The van der Waals surface area contributed by atoms with Gasteiger partial charge in [0, 0.05) is 70.0 Å². The lowest BCUT2D eigenvalue weighted by Gasteiger charge is -2.41. The molecular formula is C34H44Br2N6O5. The molecule has 4 heterocycles. The standard InChI is InChI=1S/C34H44Br2N6O5/c1-46-31-27(35)20-23(21-28(31)36)22-30(32(43)40-18-16-39(17-19-40)25-6-11-37-12-7-25)47-34(45)41-13-9-26(10-14-41)42-15-8-24-4-2-3-5-29(24)38-33(42)44/h2-5,20-21,25-26,30,37H,6-19,22H2,1H3,(H,38,44)/t30-/m1/s1. The van der Waals surface area contributed by atoms with Crippen LogP contribution in [0.4, 0.5) is 15.3 Å². The average Bonchev–Trinajstić information content (AvgIpc) is 3.26. The molecule has 0 unspecified atom stereocenters. The fourth-order valence-electron chi connectivity index (χ4n) is 7.30. The summed E-state index contributed by atoms with van der Waals surface area (Å²) in [4.78, 5) is 48.6. The Morgan fingerprint density at radius 3 is 2.26 bits per heavy atom. The summed E-state index contributed by atoms with van der Waals surface area (Å²) in [5.74, 6) is 0.495. The van der Waals surface area contributed by atoms with E-state index in [9.17, 15) is 14.4 Å². The van der Waals surface area contributed by atoms with Gasteiger partial charge in [0.25, 0.3) is 5.91 Å². The third-order valence-corrected chi connectivity index (χ3v) is 11.1. The number of nitrogens with one attached hydrogen (secondary N) is 2. The zero-order valence-corrected chi connectivity index (χ0v) is 30.1. The first-order valence-corrected chi connectivity index (χ1v) is 18.3. The highest BCUT2D eigenvalue weighted by Crippen LogP contribution is 2.35. The van der Waals surface area contributed by atoms with Gasteiger partial charge in [0.2, 0.25) is 0 Å². The van der Waals surface area contributed by atoms with Crippen molar-refractivity contribution in [2.45, 2.75) is 56.7 Å². The van der Waals surface area contributed by atoms with Gasteiger partial charge < -0.3 is 34.8 Å². The highest BCUT2D eigenvalue weighted by atomic mass is 79.9. The van der Waals surface area contributed by atoms with Crippen molar-refractivity contribution >= 4 is 55.6 Å². The van der Waals surface area contributed by atoms with Crippen molar-refractivity contribution in [3.8, 4) is 5.75 Å². The number of amides is 4. The highest BCUT2D eigenvalue weighted by molar-refractivity contribution is 9.11. The number of piperidine rings is 2. The number of carbonyl (C=O) groups excluding carboxylic acids is 3. The second kappa shape index (κ2) is 15.6. The van der Waals surface area contributed by atoms with Gasteiger partial charge in [-0.15, -0.1) is 0 Å². The van der Waals surface area contributed by atoms with E-state index >= 15 is 0 Å². The van der Waals surface area contributed by atoms with Crippen molar-refractivity contribution in [3.63, 3.8) is 0 Å². The van der Waals surface area contributed by atoms with Gasteiger partial charge in [0.15, 0.2) is 6.10 Å². The van der Waals surface area contributed by atoms with Crippen LogP contribution in [-0.4, -0.2) is 122 Å². The third kappa shape index (κ3) is 8.06. The number of likely N-dealkylation sites (tertiary alicyclic amines) is 1. The smallest absolute Gasteiger partial charge is 0.410 e. The van der Waals surface area contributed by atoms with E-state index in [1.165, 1.54) is 0 Å². The molecule has 6 rings (SSSR count). The summed E-state index contributed by atoms with van der Waals surface area (Å²) in [6.45, 7) is 6.47. The van der Waals surface area contributed by atoms with E-state index in [4.69, 9.17) is 9.47 Å². The zero-order chi connectivity index (χ0) is 32.9. The summed E-state index contributed by atoms with van der Waals surface area (Å²) in [6, 6.07) is 12.2. The number of rotatable bonds is 7. The van der Waals surface area contributed by atoms with Gasteiger partial charge in [0.1, 0.15) is 5.75 Å². The van der Waals surface area contributed by atoms with Crippen LogP contribution in [0, 0.1) is 0 Å². The van der Waals surface area contributed by atoms with E-state index in [-0.39, 0.29) is 24.4 Å². The lowest BCUT2D eigenvalue weighted by molar-refractivity contribution is -0.143. The third-order valence-electron chi connectivity index (χ3n) is 9.96. The van der Waals surface area contributed by atoms with Crippen LogP contribution in [-0.2, 0) is 22.4 Å². The lowest BCUT2D eigenvalue weighted by atomic mass is 10.0. The molecule has 4 aliphatic heterocycles. The summed E-state index contributed by atoms with van der Waals surface area (Å²) in [7, 11) is 1.60. The largest absolute Gasteiger partial charge is 0.494 e. The highest BCUT2D eigenvalue weighted by Gasteiger charge is 2.36. The second-order valence-corrected chi connectivity index (χ2v) is 14.5. The Kier molecular flexibility index (Phi) is 11.3. The lowest BCUT2D eigenvalue weighted by Crippen LogP contribution is -2.56. The van der Waals surface area contributed by atoms with Crippen molar-refractivity contribution in [1.29, 1.82) is 0 Å². The van der Waals surface area contributed by atoms with Crippen LogP contribution in [0.15, 0.2) is 45.3 Å². The topological polar surface area (TPSA) is 107 Å². The second-order valence-electron chi connectivity index (χ2n) is 12.8. The van der Waals surface area contributed by atoms with Crippen LogP contribution < -0.4 is 15.4 Å². The average molecular weight is 777 g/mol. The minimum atomic E-state index is -0.965. The number of ether oxygens (including phenoxy) is 2. The van der Waals surface area contributed by atoms with E-state index in [1.54, 1.807) is 12.0 Å². The maximum absolute atomic E-state index is 14.0. The van der Waals surface area contributed by atoms with Gasteiger partial charge in [-0.1, -0.05) is 18.2 Å². The summed E-state index contributed by atoms with van der Waals surface area (Å²) in [5, 5.41) is 6.48. The van der Waals surface area contributed by atoms with Gasteiger partial charge in [-0.25, -0.2) is 9.59 Å². The van der Waals surface area contributed by atoms with E-state index in [2.05, 4.69) is 47.4 Å². The fraction of sp³-hybridized carbons (Fsp3) is 0.559. The molecule has 47 heavy (non-hydrogen) atoms. The Hall–Kier alpha value is -2.87. The molecule has 11 nitrogen and oxygen atoms in total. The molecule has 0 spiro atoms. The molecule has 0 saturated carbocycles.